The molecule has 1 atom stereocenters. The van der Waals surface area contributed by atoms with Crippen LogP contribution in [0.15, 0.2) is 54.6 Å². The van der Waals surface area contributed by atoms with E-state index in [1.807, 2.05) is 18.2 Å². The van der Waals surface area contributed by atoms with E-state index in [2.05, 4.69) is 55.7 Å². The lowest BCUT2D eigenvalue weighted by Crippen LogP contribution is -2.21. The molecule has 0 saturated heterocycles. The molecule has 0 aliphatic rings. The van der Waals surface area contributed by atoms with Crippen LogP contribution in [-0.2, 0) is 17.9 Å². The Morgan fingerprint density at radius 2 is 1.60 bits per heavy atom. The van der Waals surface area contributed by atoms with Crippen LogP contribution in [0.5, 0.6) is 0 Å². The quantitative estimate of drug-likeness (QED) is 0.751. The Hall–Kier alpha value is -1.64. The zero-order valence-corrected chi connectivity index (χ0v) is 12.3. The van der Waals surface area contributed by atoms with Crippen molar-refractivity contribution in [3.8, 4) is 0 Å². The van der Waals surface area contributed by atoms with Gasteiger partial charge in [0.25, 0.3) is 0 Å². The zero-order chi connectivity index (χ0) is 14.2. The summed E-state index contributed by atoms with van der Waals surface area (Å²) in [4.78, 5) is 5.63. The molecule has 0 fully saturated rings. The van der Waals surface area contributed by atoms with Crippen molar-refractivity contribution >= 4 is 0 Å². The highest BCUT2D eigenvalue weighted by molar-refractivity contribution is 5.24. The SMILES string of the molecule is CCc1ccc(C(CC)NOCc2ccccc2)cc1. The molecule has 106 valence electrons. The van der Waals surface area contributed by atoms with Gasteiger partial charge in [-0.15, -0.1) is 0 Å². The topological polar surface area (TPSA) is 21.3 Å². The minimum absolute atomic E-state index is 0.240. The summed E-state index contributed by atoms with van der Waals surface area (Å²) in [6, 6.07) is 19.2. The average molecular weight is 269 g/mol. The number of nitrogens with one attached hydrogen (secondary N) is 1. The summed E-state index contributed by atoms with van der Waals surface area (Å²) in [7, 11) is 0. The predicted molar refractivity (Wildman–Crippen MR) is 83.2 cm³/mol. The number of aryl methyl sites for hydroxylation is 1. The molecule has 0 radical (unpaired) electrons. The maximum absolute atomic E-state index is 5.63. The molecular formula is C18H23NO. The summed E-state index contributed by atoms with van der Waals surface area (Å²) >= 11 is 0. The molecule has 0 aromatic heterocycles. The first-order valence-electron chi connectivity index (χ1n) is 7.33. The molecule has 0 heterocycles. The second kappa shape index (κ2) is 7.83. The van der Waals surface area contributed by atoms with Crippen molar-refractivity contribution < 1.29 is 4.84 Å². The van der Waals surface area contributed by atoms with Gasteiger partial charge in [-0.2, -0.15) is 5.48 Å². The first kappa shape index (κ1) is 14.8. The van der Waals surface area contributed by atoms with Gasteiger partial charge >= 0.3 is 0 Å². The highest BCUT2D eigenvalue weighted by atomic mass is 16.6. The molecule has 2 nitrogen and oxygen atoms in total. The highest BCUT2D eigenvalue weighted by Crippen LogP contribution is 2.17. The third-order valence-corrected chi connectivity index (χ3v) is 3.51. The number of rotatable bonds is 7. The molecule has 2 aromatic rings. The first-order chi connectivity index (χ1) is 9.83. The predicted octanol–water partition coefficient (Wildman–Crippen LogP) is 4.42. The lowest BCUT2D eigenvalue weighted by Gasteiger charge is -2.17. The smallest absolute Gasteiger partial charge is 0.0933 e. The largest absolute Gasteiger partial charge is 0.296 e. The molecule has 0 saturated carbocycles. The van der Waals surface area contributed by atoms with Crippen LogP contribution in [-0.4, -0.2) is 0 Å². The number of hydroxylamine groups is 1. The summed E-state index contributed by atoms with van der Waals surface area (Å²) in [5.41, 5.74) is 6.99. The van der Waals surface area contributed by atoms with Crippen LogP contribution in [0.1, 0.15) is 43.0 Å². The molecule has 0 aliphatic heterocycles. The molecule has 2 rings (SSSR count). The van der Waals surface area contributed by atoms with E-state index < -0.39 is 0 Å². The van der Waals surface area contributed by atoms with Gasteiger partial charge in [0.1, 0.15) is 0 Å². The number of hydrogen-bond acceptors (Lipinski definition) is 2. The molecule has 2 heteroatoms. The Balaban J connectivity index is 1.88. The summed E-state index contributed by atoms with van der Waals surface area (Å²) in [6.07, 6.45) is 2.08. The van der Waals surface area contributed by atoms with Crippen LogP contribution in [0, 0.1) is 0 Å². The second-order valence-electron chi connectivity index (χ2n) is 4.95. The Kier molecular flexibility index (Phi) is 5.78. The van der Waals surface area contributed by atoms with Crippen molar-refractivity contribution in [1.82, 2.24) is 5.48 Å². The van der Waals surface area contributed by atoms with Gasteiger partial charge in [-0.3, -0.25) is 4.84 Å². The van der Waals surface area contributed by atoms with Crippen molar-refractivity contribution in [1.29, 1.82) is 0 Å². The van der Waals surface area contributed by atoms with Crippen LogP contribution < -0.4 is 5.48 Å². The van der Waals surface area contributed by atoms with Crippen molar-refractivity contribution in [3.05, 3.63) is 71.3 Å². The molecule has 0 bridgehead atoms. The van der Waals surface area contributed by atoms with Crippen LogP contribution >= 0.6 is 0 Å². The normalized spacial score (nSPS) is 12.3. The molecule has 20 heavy (non-hydrogen) atoms. The highest BCUT2D eigenvalue weighted by Gasteiger charge is 2.08. The average Bonchev–Trinajstić information content (AvgIpc) is 2.53. The Labute approximate surface area is 121 Å². The third-order valence-electron chi connectivity index (χ3n) is 3.51. The van der Waals surface area contributed by atoms with Crippen LogP contribution in [0.3, 0.4) is 0 Å². The summed E-state index contributed by atoms with van der Waals surface area (Å²) in [5.74, 6) is 0. The van der Waals surface area contributed by atoms with Crippen LogP contribution in [0.25, 0.3) is 0 Å². The van der Waals surface area contributed by atoms with Crippen molar-refractivity contribution in [2.45, 2.75) is 39.3 Å². The lowest BCUT2D eigenvalue weighted by molar-refractivity contribution is 0.00203. The summed E-state index contributed by atoms with van der Waals surface area (Å²) in [5, 5.41) is 0. The van der Waals surface area contributed by atoms with Gasteiger partial charge in [0.05, 0.1) is 12.6 Å². The van der Waals surface area contributed by atoms with Gasteiger partial charge in [-0.1, -0.05) is 68.4 Å². The minimum Gasteiger partial charge on any atom is -0.296 e. The maximum Gasteiger partial charge on any atom is 0.0933 e. The van der Waals surface area contributed by atoms with E-state index in [9.17, 15) is 0 Å². The zero-order valence-electron chi connectivity index (χ0n) is 12.3. The first-order valence-corrected chi connectivity index (χ1v) is 7.33. The number of benzene rings is 2. The fourth-order valence-electron chi connectivity index (χ4n) is 2.17. The van der Waals surface area contributed by atoms with E-state index >= 15 is 0 Å². The Bertz CT molecular complexity index is 493. The van der Waals surface area contributed by atoms with E-state index in [4.69, 9.17) is 4.84 Å². The fourth-order valence-corrected chi connectivity index (χ4v) is 2.17. The summed E-state index contributed by atoms with van der Waals surface area (Å²) in [6.45, 7) is 4.93. The van der Waals surface area contributed by atoms with Crippen molar-refractivity contribution in [3.63, 3.8) is 0 Å². The second-order valence-corrected chi connectivity index (χ2v) is 4.95. The van der Waals surface area contributed by atoms with Crippen LogP contribution in [0.4, 0.5) is 0 Å². The third kappa shape index (κ3) is 4.19. The molecular weight excluding hydrogens is 246 g/mol. The van der Waals surface area contributed by atoms with Gasteiger partial charge in [0.2, 0.25) is 0 Å². The van der Waals surface area contributed by atoms with Gasteiger partial charge in [0, 0.05) is 0 Å². The molecule has 0 aliphatic carbocycles. The molecule has 1 unspecified atom stereocenters. The van der Waals surface area contributed by atoms with Crippen LogP contribution in [0.2, 0.25) is 0 Å². The van der Waals surface area contributed by atoms with Gasteiger partial charge in [-0.05, 0) is 29.5 Å². The standard InChI is InChI=1S/C18H23NO/c1-3-15-10-12-17(13-11-15)18(4-2)19-20-14-16-8-6-5-7-9-16/h5-13,18-19H,3-4,14H2,1-2H3. The van der Waals surface area contributed by atoms with Gasteiger partial charge in [0.15, 0.2) is 0 Å². The maximum atomic E-state index is 5.63. The van der Waals surface area contributed by atoms with Gasteiger partial charge < -0.3 is 0 Å². The number of hydrogen-bond donors (Lipinski definition) is 1. The monoisotopic (exact) mass is 269 g/mol. The van der Waals surface area contributed by atoms with Crippen molar-refractivity contribution in [2.24, 2.45) is 0 Å². The Morgan fingerprint density at radius 1 is 0.900 bits per heavy atom. The molecule has 1 N–H and O–H groups in total. The minimum atomic E-state index is 0.240. The van der Waals surface area contributed by atoms with E-state index in [-0.39, 0.29) is 6.04 Å². The van der Waals surface area contributed by atoms with E-state index in [0.29, 0.717) is 6.61 Å². The van der Waals surface area contributed by atoms with E-state index in [1.165, 1.54) is 16.7 Å². The van der Waals surface area contributed by atoms with E-state index in [1.54, 1.807) is 0 Å². The lowest BCUT2D eigenvalue weighted by atomic mass is 10.0. The molecule has 0 amide bonds. The Morgan fingerprint density at radius 3 is 2.20 bits per heavy atom. The van der Waals surface area contributed by atoms with Crippen molar-refractivity contribution in [2.75, 3.05) is 0 Å². The molecule has 0 spiro atoms. The summed E-state index contributed by atoms with van der Waals surface area (Å²) < 4.78 is 0. The fraction of sp³-hybridized carbons (Fsp3) is 0.333. The van der Waals surface area contributed by atoms with Gasteiger partial charge in [-0.25, -0.2) is 0 Å². The van der Waals surface area contributed by atoms with E-state index in [0.717, 1.165) is 12.8 Å². The molecule has 2 aromatic carbocycles.